The van der Waals surface area contributed by atoms with Crippen molar-refractivity contribution in [1.29, 1.82) is 0 Å². The minimum absolute atomic E-state index is 0.108. The molecule has 0 atom stereocenters. The van der Waals surface area contributed by atoms with E-state index in [4.69, 9.17) is 23.7 Å². The van der Waals surface area contributed by atoms with E-state index in [1.165, 1.54) is 0 Å². The Kier molecular flexibility index (Phi) is 15.4. The van der Waals surface area contributed by atoms with Crippen LogP contribution in [0.1, 0.15) is 96.9 Å². The fraction of sp³-hybridized carbons (Fsp3) is 1.00. The van der Waals surface area contributed by atoms with Crippen molar-refractivity contribution in [3.05, 3.63) is 0 Å². The fourth-order valence-corrected chi connectivity index (χ4v) is 3.08. The van der Waals surface area contributed by atoms with Gasteiger partial charge in [-0.25, -0.2) is 4.74 Å². The third-order valence-corrected chi connectivity index (χ3v) is 5.52. The van der Waals surface area contributed by atoms with Gasteiger partial charge in [0, 0.05) is 0 Å². The third-order valence-electron chi connectivity index (χ3n) is 2.43. The molecule has 0 spiro atoms. The second kappa shape index (κ2) is 14.4. The summed E-state index contributed by atoms with van der Waals surface area (Å²) in [6.45, 7) is 26.2. The maximum absolute atomic E-state index is 10.3. The predicted molar refractivity (Wildman–Crippen MR) is 120 cm³/mol. The van der Waals surface area contributed by atoms with Gasteiger partial charge in [-0.1, -0.05) is 0 Å². The zero-order valence-corrected chi connectivity index (χ0v) is 24.6. The molecule has 0 aliphatic carbocycles. The SMILES string of the molecule is CC(C)(C)[N]=[Mo]=[N]C(C)(C)C.CC(C)OC(O)(OC(C)C)OC(O)(OC(C)C)OC(C)C. The standard InChI is InChI=1S/C14H30O7.2C4H9N.Mo/c1-9(2)17-13(15,18-10(3)4)21-14(16,19-11(5)6)20-12(7)8;2*1-4(2,3)5;/h9-12,15-16H,1-8H3;2*1-3H3;. The molecule has 0 aromatic heterocycles. The van der Waals surface area contributed by atoms with Crippen molar-refractivity contribution in [2.45, 2.75) is 145 Å². The fourth-order valence-electron chi connectivity index (χ4n) is 1.77. The Balaban J connectivity index is 0. The average molecular weight is 549 g/mol. The molecule has 0 aromatic carbocycles. The molecule has 0 radical (unpaired) electrons. The Morgan fingerprint density at radius 3 is 0.906 bits per heavy atom. The van der Waals surface area contributed by atoms with Crippen molar-refractivity contribution in [3.8, 4) is 0 Å². The van der Waals surface area contributed by atoms with Gasteiger partial charge in [-0.15, -0.1) is 0 Å². The van der Waals surface area contributed by atoms with Gasteiger partial charge in [0.15, 0.2) is 0 Å². The summed E-state index contributed by atoms with van der Waals surface area (Å²) in [7, 11) is 0. The molecule has 2 N–H and O–H groups in total. The molecule has 0 saturated carbocycles. The number of ether oxygens (including phenoxy) is 5. The molecule has 0 rings (SSSR count). The Hall–Kier alpha value is 0.00831. The van der Waals surface area contributed by atoms with E-state index in [0.29, 0.717) is 0 Å². The van der Waals surface area contributed by atoms with Crippen LogP contribution in [0.15, 0.2) is 6.99 Å². The van der Waals surface area contributed by atoms with Crippen molar-refractivity contribution in [2.75, 3.05) is 0 Å². The van der Waals surface area contributed by atoms with Gasteiger partial charge in [0.05, 0.1) is 24.4 Å². The van der Waals surface area contributed by atoms with E-state index < -0.39 is 54.9 Å². The van der Waals surface area contributed by atoms with E-state index in [1.54, 1.807) is 55.4 Å². The molecule has 0 aromatic rings. The summed E-state index contributed by atoms with van der Waals surface area (Å²) in [4.78, 5) is 0. The summed E-state index contributed by atoms with van der Waals surface area (Å²) in [5.74, 6) is 0. The topological polar surface area (TPSA) is 111 Å². The van der Waals surface area contributed by atoms with Crippen LogP contribution in [0.3, 0.4) is 0 Å². The normalized spacial score (nSPS) is 13.5. The molecular weight excluding hydrogens is 500 g/mol. The van der Waals surface area contributed by atoms with Gasteiger partial charge >= 0.3 is 90.1 Å². The quantitative estimate of drug-likeness (QED) is 0.294. The minimum atomic E-state index is -2.50. The van der Waals surface area contributed by atoms with Gasteiger partial charge in [-0.3, -0.25) is 0 Å². The van der Waals surface area contributed by atoms with Crippen LogP contribution in [0, 0.1) is 0 Å². The van der Waals surface area contributed by atoms with Crippen LogP contribution in [0.4, 0.5) is 0 Å². The summed E-state index contributed by atoms with van der Waals surface area (Å²) in [6, 6.07) is 0. The summed E-state index contributed by atoms with van der Waals surface area (Å²) < 4.78 is 34.9. The molecule has 0 unspecified atom stereocenters. The molecule has 0 amide bonds. The van der Waals surface area contributed by atoms with Crippen molar-refractivity contribution in [3.63, 3.8) is 0 Å². The van der Waals surface area contributed by atoms with Crippen molar-refractivity contribution in [2.24, 2.45) is 6.99 Å². The van der Waals surface area contributed by atoms with Crippen molar-refractivity contribution >= 4 is 0 Å². The summed E-state index contributed by atoms with van der Waals surface area (Å²) >= 11 is -0.473. The zero-order valence-electron chi connectivity index (χ0n) is 22.5. The van der Waals surface area contributed by atoms with Gasteiger partial charge in [0.25, 0.3) is 0 Å². The number of nitrogens with zero attached hydrogens (tertiary/aromatic N) is 2. The van der Waals surface area contributed by atoms with Crippen LogP contribution in [-0.2, 0) is 41.9 Å². The van der Waals surface area contributed by atoms with E-state index in [-0.39, 0.29) is 11.1 Å². The first-order valence-corrected chi connectivity index (χ1v) is 12.8. The molecular formula is C22H48MoN2O7. The van der Waals surface area contributed by atoms with Crippen molar-refractivity contribution in [1.82, 2.24) is 0 Å². The van der Waals surface area contributed by atoms with Crippen LogP contribution in [0.5, 0.6) is 0 Å². The monoisotopic (exact) mass is 550 g/mol. The molecule has 194 valence electrons. The number of hydrogen-bond acceptors (Lipinski definition) is 9. The predicted octanol–water partition coefficient (Wildman–Crippen LogP) is 4.94. The largest absolute Gasteiger partial charge is 0.416 e. The van der Waals surface area contributed by atoms with Gasteiger partial charge in [0.1, 0.15) is 0 Å². The van der Waals surface area contributed by atoms with Gasteiger partial charge in [-0.05, 0) is 55.4 Å². The molecule has 0 saturated heterocycles. The first kappa shape index (κ1) is 34.2. The first-order valence-electron chi connectivity index (χ1n) is 11.0. The van der Waals surface area contributed by atoms with Crippen molar-refractivity contribution < 1.29 is 52.1 Å². The maximum atomic E-state index is 10.3. The Labute approximate surface area is 203 Å². The second-order valence-electron chi connectivity index (χ2n) is 10.4. The van der Waals surface area contributed by atoms with E-state index in [1.807, 2.05) is 0 Å². The Bertz CT molecular complexity index is 510. The number of rotatable bonds is 10. The number of aliphatic hydroxyl groups is 2. The molecule has 0 heterocycles. The molecule has 0 bridgehead atoms. The molecule has 32 heavy (non-hydrogen) atoms. The van der Waals surface area contributed by atoms with E-state index in [0.717, 1.165) is 0 Å². The summed E-state index contributed by atoms with van der Waals surface area (Å²) in [5.41, 5.74) is 0.216. The molecule has 0 fully saturated rings. The van der Waals surface area contributed by atoms with Crippen LogP contribution in [-0.4, -0.2) is 58.0 Å². The average Bonchev–Trinajstić information content (AvgIpc) is 2.38. The third kappa shape index (κ3) is 21.8. The smallest absolute Gasteiger partial charge is 0.319 e. The number of hydrogen-bond donors (Lipinski definition) is 2. The van der Waals surface area contributed by atoms with Crippen LogP contribution >= 0.6 is 0 Å². The summed E-state index contributed by atoms with van der Waals surface area (Å²) in [5, 5.41) is 20.7. The minimum Gasteiger partial charge on any atom is -0.319 e. The Morgan fingerprint density at radius 1 is 0.531 bits per heavy atom. The zero-order chi connectivity index (χ0) is 26.0. The van der Waals surface area contributed by atoms with E-state index in [9.17, 15) is 10.2 Å². The molecule has 10 heteroatoms. The van der Waals surface area contributed by atoms with E-state index >= 15 is 0 Å². The Morgan fingerprint density at radius 2 is 0.750 bits per heavy atom. The first-order chi connectivity index (χ1) is 14.1. The summed E-state index contributed by atoms with van der Waals surface area (Å²) in [6.07, 6.45) is -6.68. The van der Waals surface area contributed by atoms with Crippen LogP contribution < -0.4 is 0 Å². The van der Waals surface area contributed by atoms with Gasteiger partial charge < -0.3 is 29.2 Å². The second-order valence-corrected chi connectivity index (χ2v) is 11.7. The molecule has 0 aliphatic heterocycles. The molecule has 9 nitrogen and oxygen atoms in total. The van der Waals surface area contributed by atoms with Gasteiger partial charge in [0.2, 0.25) is 0 Å². The maximum Gasteiger partial charge on any atom is 0.416 e. The van der Waals surface area contributed by atoms with Crippen LogP contribution in [0.25, 0.3) is 0 Å². The van der Waals surface area contributed by atoms with Gasteiger partial charge in [-0.2, -0.15) is 0 Å². The molecule has 0 aliphatic rings. The van der Waals surface area contributed by atoms with Crippen LogP contribution in [0.2, 0.25) is 0 Å². The van der Waals surface area contributed by atoms with E-state index in [2.05, 4.69) is 48.5 Å².